The summed E-state index contributed by atoms with van der Waals surface area (Å²) in [6, 6.07) is 68.8. The highest BCUT2D eigenvalue weighted by molar-refractivity contribution is 7.27. The van der Waals surface area contributed by atoms with Crippen LogP contribution in [0, 0.1) is 24.8 Å². The third kappa shape index (κ3) is 5.17. The van der Waals surface area contributed by atoms with Crippen molar-refractivity contribution in [3.63, 3.8) is 0 Å². The maximum absolute atomic E-state index is 12.1. The number of nitrogens with zero attached hydrogens (tertiary/aromatic N) is 4. The van der Waals surface area contributed by atoms with Gasteiger partial charge in [-0.05, 0) is 54.4 Å². The fraction of sp³-hybridized carbons (Fsp3) is 0.0159. The average Bonchev–Trinajstić information content (AvgIpc) is 4.23. The Morgan fingerprint density at radius 1 is 0.486 bits per heavy atom. The van der Waals surface area contributed by atoms with Gasteiger partial charge in [-0.25, -0.2) is 4.85 Å². The fourth-order valence-corrected chi connectivity index (χ4v) is 14.0. The summed E-state index contributed by atoms with van der Waals surface area (Å²) in [5.74, 6) is 0. The van der Waals surface area contributed by atoms with Gasteiger partial charge in [-0.15, -0.1) is 22.7 Å². The maximum atomic E-state index is 12.1. The van der Waals surface area contributed by atoms with Crippen molar-refractivity contribution in [1.82, 2.24) is 9.13 Å². The second-order valence-corrected chi connectivity index (χ2v) is 20.2. The first-order chi connectivity index (χ1) is 34.6. The molecule has 0 atom stereocenters. The number of hydrogen-bond acceptors (Lipinski definition) is 4. The van der Waals surface area contributed by atoms with E-state index in [9.17, 15) is 11.8 Å². The van der Waals surface area contributed by atoms with E-state index in [4.69, 9.17) is 4.42 Å². The Morgan fingerprint density at radius 3 is 1.77 bits per heavy atom. The second kappa shape index (κ2) is 14.5. The lowest BCUT2D eigenvalue weighted by Gasteiger charge is -2.26. The molecule has 15 aromatic rings. The van der Waals surface area contributed by atoms with Crippen LogP contribution in [0.1, 0.15) is 11.1 Å². The van der Waals surface area contributed by atoms with Crippen LogP contribution in [-0.2, 0) is 0 Å². The Labute approximate surface area is 407 Å². The van der Waals surface area contributed by atoms with Gasteiger partial charge in [0.05, 0.1) is 55.0 Å². The highest BCUT2D eigenvalue weighted by Gasteiger charge is 2.33. The summed E-state index contributed by atoms with van der Waals surface area (Å²) in [6.07, 6.45) is 0. The molecule has 0 aliphatic rings. The van der Waals surface area contributed by atoms with Crippen molar-refractivity contribution in [3.05, 3.63) is 211 Å². The van der Waals surface area contributed by atoms with Crippen LogP contribution in [-0.4, -0.2) is 9.13 Å². The van der Waals surface area contributed by atoms with Crippen molar-refractivity contribution in [1.29, 1.82) is 5.26 Å². The number of fused-ring (bicyclic) bond motifs is 18. The summed E-state index contributed by atoms with van der Waals surface area (Å²) in [5, 5.41) is 23.1. The highest BCUT2D eigenvalue weighted by atomic mass is 32.1. The molecule has 7 heteroatoms. The number of aryl methyl sites for hydroxylation is 1. The van der Waals surface area contributed by atoms with Crippen molar-refractivity contribution >= 4 is 134 Å². The highest BCUT2D eigenvalue weighted by Crippen LogP contribution is 2.55. The Hall–Kier alpha value is -8.98. The van der Waals surface area contributed by atoms with Crippen LogP contribution in [0.15, 0.2) is 192 Å². The molecule has 0 fully saturated rings. The molecule has 324 valence electrons. The van der Waals surface area contributed by atoms with E-state index in [2.05, 4.69) is 166 Å². The fourth-order valence-electron chi connectivity index (χ4n) is 11.5. The molecule has 70 heavy (non-hydrogen) atoms. The molecule has 0 N–H and O–H groups in total. The van der Waals surface area contributed by atoms with Gasteiger partial charge < -0.3 is 13.6 Å². The predicted molar refractivity (Wildman–Crippen MR) is 295 cm³/mol. The van der Waals surface area contributed by atoms with Crippen LogP contribution < -0.4 is 0 Å². The average molecular weight is 927 g/mol. The van der Waals surface area contributed by atoms with Gasteiger partial charge in [-0.3, -0.25) is 0 Å². The summed E-state index contributed by atoms with van der Waals surface area (Å²) in [4.78, 5) is 4.63. The third-order valence-corrected chi connectivity index (χ3v) is 16.8. The number of furan rings is 1. The van der Waals surface area contributed by atoms with Crippen LogP contribution in [0.3, 0.4) is 0 Å². The summed E-state index contributed by atoms with van der Waals surface area (Å²) >= 11 is 3.57. The van der Waals surface area contributed by atoms with E-state index in [0.717, 1.165) is 103 Å². The first-order valence-corrected chi connectivity index (χ1v) is 24.9. The van der Waals surface area contributed by atoms with E-state index >= 15 is 0 Å². The van der Waals surface area contributed by atoms with Gasteiger partial charge in [0, 0.05) is 74.4 Å². The molecule has 0 aliphatic carbocycles. The number of thiophene rings is 2. The summed E-state index contributed by atoms with van der Waals surface area (Å²) in [5.41, 5.74) is 11.9. The number of nitriles is 1. The van der Waals surface area contributed by atoms with Gasteiger partial charge in [0.25, 0.3) is 0 Å². The van der Waals surface area contributed by atoms with Crippen LogP contribution >= 0.6 is 22.7 Å². The molecule has 5 nitrogen and oxygen atoms in total. The molecule has 15 rings (SSSR count). The Kier molecular flexibility index (Phi) is 8.10. The van der Waals surface area contributed by atoms with Gasteiger partial charge in [0.1, 0.15) is 11.7 Å². The Balaban J connectivity index is 1.26. The molecule has 5 heterocycles. The third-order valence-electron chi connectivity index (χ3n) is 14.4. The molecule has 0 bridgehead atoms. The topological polar surface area (TPSA) is 51.1 Å². The molecular formula is C63H34N4OS2. The van der Waals surface area contributed by atoms with E-state index in [1.165, 1.54) is 31.1 Å². The van der Waals surface area contributed by atoms with E-state index in [-0.39, 0.29) is 0 Å². The lowest BCUT2D eigenvalue weighted by Crippen LogP contribution is -2.09. The number of para-hydroxylation sites is 2. The van der Waals surface area contributed by atoms with E-state index < -0.39 is 0 Å². The quantitative estimate of drug-likeness (QED) is 0.165. The number of benzene rings is 10. The van der Waals surface area contributed by atoms with Gasteiger partial charge >= 0.3 is 0 Å². The zero-order chi connectivity index (χ0) is 46.4. The molecule has 0 spiro atoms. The van der Waals surface area contributed by atoms with E-state index in [0.29, 0.717) is 22.5 Å². The Bertz CT molecular complexity index is 4730. The zero-order valence-electron chi connectivity index (χ0n) is 37.4. The minimum absolute atomic E-state index is 0.388. The number of rotatable bonds is 4. The van der Waals surface area contributed by atoms with Gasteiger partial charge in [-0.1, -0.05) is 157 Å². The van der Waals surface area contributed by atoms with Crippen molar-refractivity contribution in [2.45, 2.75) is 6.92 Å². The van der Waals surface area contributed by atoms with Crippen LogP contribution in [0.25, 0.3) is 144 Å². The smallest absolute Gasteiger partial charge is 0.220 e. The zero-order valence-corrected chi connectivity index (χ0v) is 39.0. The van der Waals surface area contributed by atoms with Gasteiger partial charge in [-0.2, -0.15) is 5.26 Å². The SMILES string of the molecule is [C-]#[N+]c1c(-c2ccccc2)c(C#N)c(-n2c3ccccc3c3ccc4c5cc(C)ccc5sc4c32)c(-c2ccccc2)c1-n1c2c(ccc3c4ccccc4oc32)c2ccc3c4ccccc4sc3c21. The molecule has 0 aliphatic heterocycles. The molecule has 0 amide bonds. The summed E-state index contributed by atoms with van der Waals surface area (Å²) in [6.45, 7) is 11.6. The summed E-state index contributed by atoms with van der Waals surface area (Å²) in [7, 11) is 0. The second-order valence-electron chi connectivity index (χ2n) is 18.1. The first kappa shape index (κ1) is 39.1. The van der Waals surface area contributed by atoms with Gasteiger partial charge in [0.2, 0.25) is 5.69 Å². The normalized spacial score (nSPS) is 12.0. The molecule has 0 saturated carbocycles. The molecule has 5 aromatic heterocycles. The minimum Gasteiger partial charge on any atom is -0.454 e. The van der Waals surface area contributed by atoms with Crippen LogP contribution in [0.5, 0.6) is 0 Å². The van der Waals surface area contributed by atoms with Gasteiger partial charge in [0.15, 0.2) is 5.58 Å². The van der Waals surface area contributed by atoms with Crippen molar-refractivity contribution < 1.29 is 4.42 Å². The van der Waals surface area contributed by atoms with Crippen LogP contribution in [0.2, 0.25) is 0 Å². The molecule has 0 unspecified atom stereocenters. The minimum atomic E-state index is 0.388. The number of hydrogen-bond donors (Lipinski definition) is 0. The monoisotopic (exact) mass is 926 g/mol. The number of aromatic nitrogens is 2. The lowest BCUT2D eigenvalue weighted by atomic mass is 9.88. The molecule has 0 saturated heterocycles. The van der Waals surface area contributed by atoms with E-state index in [1.807, 2.05) is 48.5 Å². The maximum Gasteiger partial charge on any atom is 0.220 e. The molecular weight excluding hydrogens is 893 g/mol. The van der Waals surface area contributed by atoms with E-state index in [1.54, 1.807) is 22.7 Å². The summed E-state index contributed by atoms with van der Waals surface area (Å²) < 4.78 is 16.4. The Morgan fingerprint density at radius 2 is 1.04 bits per heavy atom. The first-order valence-electron chi connectivity index (χ1n) is 23.3. The predicted octanol–water partition coefficient (Wildman–Crippen LogP) is 18.6. The van der Waals surface area contributed by atoms with Crippen molar-refractivity contribution in [2.75, 3.05) is 0 Å². The van der Waals surface area contributed by atoms with Crippen molar-refractivity contribution in [3.8, 4) is 39.7 Å². The van der Waals surface area contributed by atoms with Crippen molar-refractivity contribution in [2.24, 2.45) is 0 Å². The molecule has 10 aromatic carbocycles. The standard InChI is InChI=1S/C63H34N4OS2/c1-35-25-32-52-47(33-35)46-31-27-41-38-19-9-12-22-49(38)66(58(41)63(46)70-52)56-48(34-64)53(36-15-5-3-6-16-36)55(65-2)60(54(56)37-17-7-4-8-18-37)67-57-42(26-29-44-39-20-10-13-23-50(39)68-61(44)57)43-28-30-45-40-21-11-14-24-51(40)69-62(45)59(43)67/h3-33H,1H3. The molecule has 0 radical (unpaired) electrons. The lowest BCUT2D eigenvalue weighted by molar-refractivity contribution is 0.671. The van der Waals surface area contributed by atoms with Crippen LogP contribution in [0.4, 0.5) is 5.69 Å². The largest absolute Gasteiger partial charge is 0.454 e.